The molecular formula is C44H48N6. The van der Waals surface area contributed by atoms with Crippen LogP contribution in [0.15, 0.2) is 84.9 Å². The fourth-order valence-corrected chi connectivity index (χ4v) is 6.76. The number of fused-ring (bicyclic) bond motifs is 8. The van der Waals surface area contributed by atoms with Crippen LogP contribution in [0.5, 0.6) is 0 Å². The smallest absolute Gasteiger partial charge is 0.0737 e. The standard InChI is InChI=1S/C44H48N6/c1-3-5-7-9-27-45-33-15-11-31(12-16-33)43-39-23-19-35(47-39)29-37-21-25-41(49-37)44(32-13-17-34(18-14-32)46-28-10-8-6-4-2)42-26-22-38(50-42)30-36-20-24-40(43)48-36/h11-26,29-30,45-48H,3-10,27-28H2,1-2H3. The Hall–Kier alpha value is -5.36. The summed E-state index contributed by atoms with van der Waals surface area (Å²) in [4.78, 5) is 17.6. The van der Waals surface area contributed by atoms with E-state index in [0.717, 1.165) is 91.6 Å². The molecule has 2 aromatic carbocycles. The highest BCUT2D eigenvalue weighted by atomic mass is 14.9. The molecule has 0 saturated carbocycles. The predicted molar refractivity (Wildman–Crippen MR) is 215 cm³/mol. The highest BCUT2D eigenvalue weighted by Gasteiger charge is 2.15. The summed E-state index contributed by atoms with van der Waals surface area (Å²) in [7, 11) is 0. The normalized spacial score (nSPS) is 12.0. The highest BCUT2D eigenvalue weighted by molar-refractivity contribution is 5.94. The van der Waals surface area contributed by atoms with Crippen molar-refractivity contribution in [3.63, 3.8) is 0 Å². The molecule has 5 heterocycles. The Kier molecular flexibility index (Phi) is 10.5. The number of benzene rings is 2. The van der Waals surface area contributed by atoms with Crippen LogP contribution in [0.2, 0.25) is 0 Å². The second kappa shape index (κ2) is 15.9. The Bertz CT molecular complexity index is 2040. The molecule has 3 aromatic heterocycles. The number of nitrogens with zero attached hydrogens (tertiary/aromatic N) is 2. The van der Waals surface area contributed by atoms with Crippen LogP contribution >= 0.6 is 0 Å². The zero-order valence-electron chi connectivity index (χ0n) is 29.4. The Morgan fingerprint density at radius 1 is 0.480 bits per heavy atom. The number of nitrogens with one attached hydrogen (secondary N) is 4. The minimum atomic E-state index is 0.903. The molecule has 4 N–H and O–H groups in total. The lowest BCUT2D eigenvalue weighted by atomic mass is 10.0. The van der Waals surface area contributed by atoms with Crippen LogP contribution in [0.1, 0.15) is 88.0 Å². The molecule has 0 amide bonds. The van der Waals surface area contributed by atoms with Gasteiger partial charge in [-0.2, -0.15) is 0 Å². The number of aromatic amines is 2. The van der Waals surface area contributed by atoms with Gasteiger partial charge in [0, 0.05) is 57.7 Å². The first-order valence-corrected chi connectivity index (χ1v) is 18.5. The van der Waals surface area contributed by atoms with E-state index in [4.69, 9.17) is 9.97 Å². The molecular weight excluding hydrogens is 613 g/mol. The molecule has 0 aliphatic carbocycles. The number of hydrogen-bond acceptors (Lipinski definition) is 4. The number of H-pyrrole nitrogens is 2. The van der Waals surface area contributed by atoms with Crippen molar-refractivity contribution < 1.29 is 0 Å². The van der Waals surface area contributed by atoms with Crippen molar-refractivity contribution in [2.24, 2.45) is 0 Å². The van der Waals surface area contributed by atoms with Gasteiger partial charge in [-0.05, 0) is 109 Å². The summed E-state index contributed by atoms with van der Waals surface area (Å²) in [6.07, 6.45) is 18.4. The quantitative estimate of drug-likeness (QED) is 0.0875. The topological polar surface area (TPSA) is 81.4 Å². The van der Waals surface area contributed by atoms with Crippen molar-refractivity contribution in [1.82, 2.24) is 19.9 Å². The van der Waals surface area contributed by atoms with Gasteiger partial charge in [-0.3, -0.25) is 0 Å². The lowest BCUT2D eigenvalue weighted by Crippen LogP contribution is -2.01. The van der Waals surface area contributed by atoms with E-state index in [9.17, 15) is 0 Å². The van der Waals surface area contributed by atoms with Gasteiger partial charge in [0.1, 0.15) is 0 Å². The average Bonchev–Trinajstić information content (AvgIpc) is 3.97. The number of anilines is 2. The summed E-state index contributed by atoms with van der Waals surface area (Å²) in [5.41, 5.74) is 14.4. The van der Waals surface area contributed by atoms with E-state index in [2.05, 4.69) is 144 Å². The second-order valence-electron chi connectivity index (χ2n) is 13.3. The second-order valence-corrected chi connectivity index (χ2v) is 13.3. The maximum absolute atomic E-state index is 5.11. The molecule has 0 spiro atoms. The first kappa shape index (κ1) is 33.2. The van der Waals surface area contributed by atoms with Gasteiger partial charge >= 0.3 is 0 Å². The van der Waals surface area contributed by atoms with Crippen LogP contribution in [-0.4, -0.2) is 33.0 Å². The van der Waals surface area contributed by atoms with Gasteiger partial charge in [0.15, 0.2) is 0 Å². The summed E-state index contributed by atoms with van der Waals surface area (Å²) in [6, 6.07) is 30.3. The molecule has 7 rings (SSSR count). The molecule has 0 atom stereocenters. The SMILES string of the molecule is CCCCCCNc1ccc(-c2c3nc(cc4ccc([nH]4)c(-c4ccc(NCCCCCC)cc4)c4ccc(cc5nc2C=C5)[nH]4)C=C3)cc1. The third-order valence-corrected chi connectivity index (χ3v) is 9.46. The molecule has 2 aliphatic heterocycles. The molecule has 5 aromatic rings. The zero-order valence-corrected chi connectivity index (χ0v) is 29.4. The minimum Gasteiger partial charge on any atom is -0.385 e. The molecule has 0 saturated heterocycles. The van der Waals surface area contributed by atoms with Crippen molar-refractivity contribution in [2.45, 2.75) is 65.2 Å². The highest BCUT2D eigenvalue weighted by Crippen LogP contribution is 2.33. The van der Waals surface area contributed by atoms with Gasteiger partial charge in [0.05, 0.1) is 22.8 Å². The van der Waals surface area contributed by atoms with Crippen LogP contribution in [-0.2, 0) is 0 Å². The number of hydrogen-bond donors (Lipinski definition) is 4. The van der Waals surface area contributed by atoms with E-state index < -0.39 is 0 Å². The van der Waals surface area contributed by atoms with Gasteiger partial charge in [-0.25, -0.2) is 9.97 Å². The fraction of sp³-hybridized carbons (Fsp3) is 0.273. The van der Waals surface area contributed by atoms with Crippen molar-refractivity contribution in [3.8, 4) is 22.3 Å². The lowest BCUT2D eigenvalue weighted by molar-refractivity contribution is 0.685. The van der Waals surface area contributed by atoms with Crippen LogP contribution in [0.3, 0.4) is 0 Å². The summed E-state index contributed by atoms with van der Waals surface area (Å²) in [5.74, 6) is 0. The van der Waals surface area contributed by atoms with E-state index in [1.165, 1.54) is 51.4 Å². The van der Waals surface area contributed by atoms with Crippen molar-refractivity contribution in [1.29, 1.82) is 0 Å². The number of rotatable bonds is 14. The molecule has 50 heavy (non-hydrogen) atoms. The van der Waals surface area contributed by atoms with Gasteiger partial charge in [0.2, 0.25) is 0 Å². The largest absolute Gasteiger partial charge is 0.385 e. The van der Waals surface area contributed by atoms with Crippen molar-refractivity contribution in [3.05, 3.63) is 108 Å². The first-order valence-electron chi connectivity index (χ1n) is 18.5. The summed E-state index contributed by atoms with van der Waals surface area (Å²) >= 11 is 0. The van der Waals surface area contributed by atoms with Crippen molar-refractivity contribution in [2.75, 3.05) is 23.7 Å². The molecule has 0 radical (unpaired) electrons. The van der Waals surface area contributed by atoms with Crippen LogP contribution in [0, 0.1) is 0 Å². The summed E-state index contributed by atoms with van der Waals surface area (Å²) in [5, 5.41) is 7.17. The Balaban J connectivity index is 1.27. The summed E-state index contributed by atoms with van der Waals surface area (Å²) < 4.78 is 0. The van der Waals surface area contributed by atoms with E-state index in [0.29, 0.717) is 0 Å². The monoisotopic (exact) mass is 660 g/mol. The Morgan fingerprint density at radius 2 is 0.940 bits per heavy atom. The Labute approximate surface area is 295 Å². The lowest BCUT2D eigenvalue weighted by Gasteiger charge is -2.09. The van der Waals surface area contributed by atoms with E-state index in [1.54, 1.807) is 0 Å². The van der Waals surface area contributed by atoms with Gasteiger partial charge in [0.25, 0.3) is 0 Å². The third-order valence-electron chi connectivity index (χ3n) is 9.46. The third kappa shape index (κ3) is 7.92. The fourth-order valence-electron chi connectivity index (χ4n) is 6.76. The number of aromatic nitrogens is 4. The first-order chi connectivity index (χ1) is 24.7. The minimum absolute atomic E-state index is 0.903. The molecule has 6 heteroatoms. The van der Waals surface area contributed by atoms with E-state index in [1.807, 2.05) is 0 Å². The average molecular weight is 661 g/mol. The van der Waals surface area contributed by atoms with Crippen LogP contribution < -0.4 is 10.6 Å². The molecule has 0 unspecified atom stereocenters. The predicted octanol–water partition coefficient (Wildman–Crippen LogP) is 12.0. The molecule has 8 bridgehead atoms. The van der Waals surface area contributed by atoms with Crippen LogP contribution in [0.4, 0.5) is 11.4 Å². The molecule has 254 valence electrons. The molecule has 2 aliphatic rings. The maximum atomic E-state index is 5.11. The van der Waals surface area contributed by atoms with E-state index >= 15 is 0 Å². The van der Waals surface area contributed by atoms with Crippen LogP contribution in [0.25, 0.3) is 68.6 Å². The molecule has 0 fully saturated rings. The molecule has 6 nitrogen and oxygen atoms in total. The summed E-state index contributed by atoms with van der Waals surface area (Å²) in [6.45, 7) is 6.49. The van der Waals surface area contributed by atoms with Gasteiger partial charge in [-0.1, -0.05) is 76.6 Å². The van der Waals surface area contributed by atoms with Gasteiger partial charge < -0.3 is 20.6 Å². The van der Waals surface area contributed by atoms with Crippen molar-refractivity contribution >= 4 is 57.7 Å². The number of unbranched alkanes of at least 4 members (excludes halogenated alkanes) is 6. The Morgan fingerprint density at radius 3 is 1.40 bits per heavy atom. The van der Waals surface area contributed by atoms with Gasteiger partial charge in [-0.15, -0.1) is 0 Å². The van der Waals surface area contributed by atoms with E-state index in [-0.39, 0.29) is 0 Å². The maximum Gasteiger partial charge on any atom is 0.0737 e. The zero-order chi connectivity index (χ0) is 34.1.